The molecule has 0 heterocycles. The molecule has 3 nitrogen and oxygen atoms in total. The average molecular weight is 216 g/mol. The minimum Gasteiger partial charge on any atom is -0.345 e. The Bertz CT molecular complexity index is 415. The number of hydrogen-bond donors (Lipinski definition) is 2. The van der Waals surface area contributed by atoms with Crippen LogP contribution in [0, 0.1) is 11.8 Å². The maximum absolute atomic E-state index is 10.6. The lowest BCUT2D eigenvalue weighted by molar-refractivity contribution is -0.118. The smallest absolute Gasteiger partial charge is 0.217 e. The third-order valence-corrected chi connectivity index (χ3v) is 2.02. The molecule has 0 aliphatic rings. The number of rotatable bonds is 3. The fourth-order valence-electron chi connectivity index (χ4n) is 1.29. The molecule has 1 amide bonds. The van der Waals surface area contributed by atoms with Crippen LogP contribution >= 0.6 is 0 Å². The SMILES string of the molecule is CC(=O)NCC#Cc1cccc(CCN)c1. The normalized spacial score (nSPS) is 9.12. The van der Waals surface area contributed by atoms with Crippen LogP contribution in [-0.4, -0.2) is 19.0 Å². The molecular weight excluding hydrogens is 200 g/mol. The minimum atomic E-state index is -0.0637. The first-order chi connectivity index (χ1) is 7.72. The Kier molecular flexibility index (Phi) is 5.10. The van der Waals surface area contributed by atoms with Crippen molar-refractivity contribution in [1.82, 2.24) is 5.32 Å². The Morgan fingerprint density at radius 1 is 1.50 bits per heavy atom. The van der Waals surface area contributed by atoms with Crippen LogP contribution in [0.1, 0.15) is 18.1 Å². The Morgan fingerprint density at radius 3 is 3.00 bits per heavy atom. The average Bonchev–Trinajstić information content (AvgIpc) is 2.25. The van der Waals surface area contributed by atoms with Gasteiger partial charge in [-0.15, -0.1) is 0 Å². The second-order valence-corrected chi connectivity index (χ2v) is 3.45. The van der Waals surface area contributed by atoms with Gasteiger partial charge in [-0.25, -0.2) is 0 Å². The summed E-state index contributed by atoms with van der Waals surface area (Å²) in [5.74, 6) is 5.82. The van der Waals surface area contributed by atoms with Crippen molar-refractivity contribution in [2.75, 3.05) is 13.1 Å². The summed E-state index contributed by atoms with van der Waals surface area (Å²) in [5, 5.41) is 2.62. The molecule has 0 bridgehead atoms. The first kappa shape index (κ1) is 12.3. The fourth-order valence-corrected chi connectivity index (χ4v) is 1.29. The number of amides is 1. The van der Waals surface area contributed by atoms with Crippen molar-refractivity contribution in [3.8, 4) is 11.8 Å². The van der Waals surface area contributed by atoms with Crippen molar-refractivity contribution < 1.29 is 4.79 Å². The fraction of sp³-hybridized carbons (Fsp3) is 0.308. The van der Waals surface area contributed by atoms with Crippen molar-refractivity contribution in [3.63, 3.8) is 0 Å². The van der Waals surface area contributed by atoms with Crippen LogP contribution in [0.15, 0.2) is 24.3 Å². The highest BCUT2D eigenvalue weighted by atomic mass is 16.1. The molecule has 0 spiro atoms. The van der Waals surface area contributed by atoms with Crippen LogP contribution in [0.25, 0.3) is 0 Å². The molecule has 0 aliphatic heterocycles. The predicted molar refractivity (Wildman–Crippen MR) is 64.8 cm³/mol. The number of carbonyl (C=O) groups excluding carboxylic acids is 1. The van der Waals surface area contributed by atoms with Gasteiger partial charge in [0.15, 0.2) is 0 Å². The van der Waals surface area contributed by atoms with Gasteiger partial charge in [0.1, 0.15) is 0 Å². The van der Waals surface area contributed by atoms with Gasteiger partial charge in [-0.2, -0.15) is 0 Å². The zero-order chi connectivity index (χ0) is 11.8. The monoisotopic (exact) mass is 216 g/mol. The van der Waals surface area contributed by atoms with Gasteiger partial charge in [-0.1, -0.05) is 24.0 Å². The third-order valence-electron chi connectivity index (χ3n) is 2.02. The van der Waals surface area contributed by atoms with Gasteiger partial charge in [0.2, 0.25) is 5.91 Å². The summed E-state index contributed by atoms with van der Waals surface area (Å²) in [6.07, 6.45) is 0.862. The van der Waals surface area contributed by atoms with Gasteiger partial charge >= 0.3 is 0 Å². The van der Waals surface area contributed by atoms with E-state index in [2.05, 4.69) is 17.2 Å². The zero-order valence-corrected chi connectivity index (χ0v) is 9.42. The van der Waals surface area contributed by atoms with Crippen molar-refractivity contribution in [3.05, 3.63) is 35.4 Å². The van der Waals surface area contributed by atoms with Crippen molar-refractivity contribution in [2.24, 2.45) is 5.73 Å². The zero-order valence-electron chi connectivity index (χ0n) is 9.42. The summed E-state index contributed by atoms with van der Waals surface area (Å²) in [7, 11) is 0. The van der Waals surface area contributed by atoms with Crippen molar-refractivity contribution in [1.29, 1.82) is 0 Å². The van der Waals surface area contributed by atoms with Gasteiger partial charge in [-0.3, -0.25) is 4.79 Å². The molecule has 16 heavy (non-hydrogen) atoms. The summed E-state index contributed by atoms with van der Waals surface area (Å²) < 4.78 is 0. The van der Waals surface area contributed by atoms with E-state index in [1.54, 1.807) is 0 Å². The highest BCUT2D eigenvalue weighted by Gasteiger charge is 1.92. The number of nitrogens with one attached hydrogen (secondary N) is 1. The predicted octanol–water partition coefficient (Wildman–Crippen LogP) is 0.675. The van der Waals surface area contributed by atoms with E-state index in [0.717, 1.165) is 12.0 Å². The molecule has 0 fully saturated rings. The molecule has 1 aromatic rings. The molecule has 1 rings (SSSR count). The van der Waals surface area contributed by atoms with E-state index in [1.807, 2.05) is 24.3 Å². The van der Waals surface area contributed by atoms with Gasteiger partial charge in [0, 0.05) is 12.5 Å². The molecule has 3 heteroatoms. The summed E-state index contributed by atoms with van der Waals surface area (Å²) in [5.41, 5.74) is 7.63. The van der Waals surface area contributed by atoms with Gasteiger partial charge < -0.3 is 11.1 Å². The van der Waals surface area contributed by atoms with Crippen molar-refractivity contribution in [2.45, 2.75) is 13.3 Å². The van der Waals surface area contributed by atoms with Gasteiger partial charge in [-0.05, 0) is 30.7 Å². The molecular formula is C13H16N2O. The summed E-state index contributed by atoms with van der Waals surface area (Å²) in [6, 6.07) is 7.97. The minimum absolute atomic E-state index is 0.0637. The van der Waals surface area contributed by atoms with E-state index in [9.17, 15) is 4.79 Å². The molecule has 0 aromatic heterocycles. The summed E-state index contributed by atoms with van der Waals surface area (Å²) >= 11 is 0. The van der Waals surface area contributed by atoms with Crippen LogP contribution in [0.2, 0.25) is 0 Å². The third kappa shape index (κ3) is 4.63. The summed E-state index contributed by atoms with van der Waals surface area (Å²) in [6.45, 7) is 2.50. The van der Waals surface area contributed by atoms with E-state index in [-0.39, 0.29) is 5.91 Å². The molecule has 0 atom stereocenters. The van der Waals surface area contributed by atoms with Gasteiger partial charge in [0.05, 0.1) is 6.54 Å². The molecule has 1 aromatic carbocycles. The van der Waals surface area contributed by atoms with E-state index in [0.29, 0.717) is 13.1 Å². The van der Waals surface area contributed by atoms with E-state index in [4.69, 9.17) is 5.73 Å². The Hall–Kier alpha value is -1.79. The first-order valence-corrected chi connectivity index (χ1v) is 5.24. The number of nitrogens with two attached hydrogens (primary N) is 1. The lowest BCUT2D eigenvalue weighted by atomic mass is 10.1. The van der Waals surface area contributed by atoms with Crippen LogP contribution in [-0.2, 0) is 11.2 Å². The Balaban J connectivity index is 2.58. The van der Waals surface area contributed by atoms with Crippen LogP contribution in [0.4, 0.5) is 0 Å². The van der Waals surface area contributed by atoms with Gasteiger partial charge in [0.25, 0.3) is 0 Å². The molecule has 0 saturated heterocycles. The maximum atomic E-state index is 10.6. The highest BCUT2D eigenvalue weighted by molar-refractivity contribution is 5.73. The standard InChI is InChI=1S/C13H16N2O/c1-11(16)15-9-3-6-12-4-2-5-13(10-12)7-8-14/h2,4-5,10H,7-9,14H2,1H3,(H,15,16). The molecule has 0 radical (unpaired) electrons. The lowest BCUT2D eigenvalue weighted by Gasteiger charge is -1.98. The first-order valence-electron chi connectivity index (χ1n) is 5.24. The van der Waals surface area contributed by atoms with E-state index in [1.165, 1.54) is 12.5 Å². The van der Waals surface area contributed by atoms with Crippen LogP contribution in [0.3, 0.4) is 0 Å². The quantitative estimate of drug-likeness (QED) is 0.730. The van der Waals surface area contributed by atoms with Crippen LogP contribution in [0.5, 0.6) is 0 Å². The van der Waals surface area contributed by atoms with E-state index >= 15 is 0 Å². The number of carbonyl (C=O) groups is 1. The molecule has 0 saturated carbocycles. The lowest BCUT2D eigenvalue weighted by Crippen LogP contribution is -2.19. The second-order valence-electron chi connectivity index (χ2n) is 3.45. The van der Waals surface area contributed by atoms with Crippen LogP contribution < -0.4 is 11.1 Å². The topological polar surface area (TPSA) is 55.1 Å². The Morgan fingerprint density at radius 2 is 2.31 bits per heavy atom. The molecule has 0 unspecified atom stereocenters. The number of hydrogen-bond acceptors (Lipinski definition) is 2. The largest absolute Gasteiger partial charge is 0.345 e. The van der Waals surface area contributed by atoms with E-state index < -0.39 is 0 Å². The highest BCUT2D eigenvalue weighted by Crippen LogP contribution is 2.03. The molecule has 0 aliphatic carbocycles. The molecule has 3 N–H and O–H groups in total. The number of benzene rings is 1. The summed E-state index contributed by atoms with van der Waals surface area (Å²) in [4.78, 5) is 10.6. The maximum Gasteiger partial charge on any atom is 0.217 e. The van der Waals surface area contributed by atoms with Crippen molar-refractivity contribution >= 4 is 5.91 Å². The second kappa shape index (κ2) is 6.65. The molecule has 84 valence electrons. The Labute approximate surface area is 96.0 Å².